The van der Waals surface area contributed by atoms with E-state index in [9.17, 15) is 10.1 Å². The van der Waals surface area contributed by atoms with E-state index in [-0.39, 0.29) is 5.69 Å². The summed E-state index contributed by atoms with van der Waals surface area (Å²) in [7, 11) is 0. The molecule has 5 rings (SSSR count). The average Bonchev–Trinajstić information content (AvgIpc) is 3.25. The number of aromatic nitrogens is 3. The highest BCUT2D eigenvalue weighted by Gasteiger charge is 2.16. The Morgan fingerprint density at radius 3 is 2.52 bits per heavy atom. The lowest BCUT2D eigenvalue weighted by Crippen LogP contribution is -2.43. The van der Waals surface area contributed by atoms with Crippen molar-refractivity contribution in [3.05, 3.63) is 71.0 Å². The van der Waals surface area contributed by atoms with Gasteiger partial charge in [0.1, 0.15) is 5.82 Å². The van der Waals surface area contributed by atoms with Crippen LogP contribution in [0, 0.1) is 10.1 Å². The number of non-ortho nitro benzene ring substituents is 1. The zero-order valence-corrected chi connectivity index (χ0v) is 16.7. The molecule has 0 radical (unpaired) electrons. The van der Waals surface area contributed by atoms with E-state index in [4.69, 9.17) is 5.73 Å². The van der Waals surface area contributed by atoms with Crippen molar-refractivity contribution in [3.8, 4) is 22.3 Å². The van der Waals surface area contributed by atoms with Gasteiger partial charge in [-0.15, -0.1) is 0 Å². The van der Waals surface area contributed by atoms with Crippen LogP contribution in [0.5, 0.6) is 0 Å². The molecule has 1 fully saturated rings. The highest BCUT2D eigenvalue weighted by atomic mass is 16.6. The molecule has 0 bridgehead atoms. The zero-order chi connectivity index (χ0) is 21.4. The maximum Gasteiger partial charge on any atom is 0.269 e. The largest absolute Gasteiger partial charge is 0.383 e. The molecule has 0 spiro atoms. The van der Waals surface area contributed by atoms with Crippen molar-refractivity contribution in [1.29, 1.82) is 0 Å². The Labute approximate surface area is 178 Å². The molecule has 9 heteroatoms. The second-order valence-electron chi connectivity index (χ2n) is 7.44. The minimum atomic E-state index is -0.428. The molecular formula is C22H21N7O2. The number of piperazine rings is 1. The van der Waals surface area contributed by atoms with Crippen molar-refractivity contribution >= 4 is 22.8 Å². The standard InChI is InChI=1S/C22H21N7O2/c23-21-19(15-4-6-17(7-5-15)29(30)31)13-25-22-20(14-26-28(21)22)16-2-1-3-18(12-16)27-10-8-24-9-11-27/h1-7,12-14,24H,8-11,23H2. The number of nitrogens with one attached hydrogen (secondary N) is 1. The Balaban J connectivity index is 1.52. The minimum absolute atomic E-state index is 0.0297. The average molecular weight is 415 g/mol. The number of nitrogens with zero attached hydrogens (tertiary/aromatic N) is 5. The molecule has 4 aromatic rings. The highest BCUT2D eigenvalue weighted by Crippen LogP contribution is 2.32. The van der Waals surface area contributed by atoms with Crippen molar-refractivity contribution in [3.63, 3.8) is 0 Å². The van der Waals surface area contributed by atoms with Gasteiger partial charge in [0.2, 0.25) is 0 Å². The monoisotopic (exact) mass is 415 g/mol. The van der Waals surface area contributed by atoms with Crippen LogP contribution < -0.4 is 16.0 Å². The molecule has 1 saturated heterocycles. The third-order valence-corrected chi connectivity index (χ3v) is 5.59. The molecule has 3 N–H and O–H groups in total. The van der Waals surface area contributed by atoms with Crippen molar-refractivity contribution in [2.24, 2.45) is 0 Å². The number of nitro groups is 1. The van der Waals surface area contributed by atoms with E-state index in [0.717, 1.165) is 42.9 Å². The first-order chi connectivity index (χ1) is 15.1. The van der Waals surface area contributed by atoms with Gasteiger partial charge in [-0.2, -0.15) is 9.61 Å². The van der Waals surface area contributed by atoms with Crippen molar-refractivity contribution < 1.29 is 4.92 Å². The summed E-state index contributed by atoms with van der Waals surface area (Å²) in [6.07, 6.45) is 3.46. The second-order valence-corrected chi connectivity index (χ2v) is 7.44. The summed E-state index contributed by atoms with van der Waals surface area (Å²) in [6, 6.07) is 14.6. The molecule has 2 aromatic carbocycles. The van der Waals surface area contributed by atoms with Gasteiger partial charge in [-0.3, -0.25) is 10.1 Å². The summed E-state index contributed by atoms with van der Waals surface area (Å²) in [5.41, 5.74) is 11.6. The highest BCUT2D eigenvalue weighted by molar-refractivity contribution is 5.83. The molecule has 3 heterocycles. The summed E-state index contributed by atoms with van der Waals surface area (Å²) in [5.74, 6) is 0.434. The second kappa shape index (κ2) is 7.69. The van der Waals surface area contributed by atoms with Crippen LogP contribution in [0.15, 0.2) is 60.9 Å². The fourth-order valence-corrected chi connectivity index (χ4v) is 3.93. The first kappa shape index (κ1) is 19.0. The van der Waals surface area contributed by atoms with Crippen LogP contribution in [-0.2, 0) is 0 Å². The van der Waals surface area contributed by atoms with Gasteiger partial charge in [0, 0.05) is 61.3 Å². The lowest BCUT2D eigenvalue weighted by Gasteiger charge is -2.29. The first-order valence-electron chi connectivity index (χ1n) is 10.0. The quantitative estimate of drug-likeness (QED) is 0.389. The lowest BCUT2D eigenvalue weighted by atomic mass is 10.1. The molecule has 0 unspecified atom stereocenters. The summed E-state index contributed by atoms with van der Waals surface area (Å²) < 4.78 is 1.61. The predicted octanol–water partition coefficient (Wildman–Crippen LogP) is 2.96. The summed E-state index contributed by atoms with van der Waals surface area (Å²) >= 11 is 0. The number of hydrogen-bond donors (Lipinski definition) is 2. The maximum absolute atomic E-state index is 10.9. The third-order valence-electron chi connectivity index (χ3n) is 5.59. The van der Waals surface area contributed by atoms with Gasteiger partial charge in [0.05, 0.1) is 11.1 Å². The number of fused-ring (bicyclic) bond motifs is 1. The number of nitrogens with two attached hydrogens (primary N) is 1. The van der Waals surface area contributed by atoms with Crippen molar-refractivity contribution in [2.45, 2.75) is 0 Å². The van der Waals surface area contributed by atoms with Gasteiger partial charge in [-0.05, 0) is 35.4 Å². The lowest BCUT2D eigenvalue weighted by molar-refractivity contribution is -0.384. The molecule has 0 saturated carbocycles. The number of anilines is 2. The topological polar surface area (TPSA) is 115 Å². The summed E-state index contributed by atoms with van der Waals surface area (Å²) in [4.78, 5) is 17.5. The molecule has 0 atom stereocenters. The normalized spacial score (nSPS) is 14.1. The van der Waals surface area contributed by atoms with Crippen LogP contribution in [0.25, 0.3) is 27.9 Å². The summed E-state index contributed by atoms with van der Waals surface area (Å²) in [6.45, 7) is 3.90. The van der Waals surface area contributed by atoms with E-state index in [0.29, 0.717) is 17.0 Å². The number of nitrogen functional groups attached to an aromatic ring is 1. The molecule has 31 heavy (non-hydrogen) atoms. The van der Waals surface area contributed by atoms with E-state index in [1.807, 2.05) is 12.1 Å². The van der Waals surface area contributed by atoms with Crippen LogP contribution in [0.2, 0.25) is 0 Å². The molecular weight excluding hydrogens is 394 g/mol. The van der Waals surface area contributed by atoms with Crippen LogP contribution in [0.1, 0.15) is 0 Å². The van der Waals surface area contributed by atoms with Gasteiger partial charge >= 0.3 is 0 Å². The van der Waals surface area contributed by atoms with Gasteiger partial charge in [0.25, 0.3) is 5.69 Å². The van der Waals surface area contributed by atoms with Gasteiger partial charge in [0.15, 0.2) is 5.65 Å². The molecule has 1 aliphatic heterocycles. The van der Waals surface area contributed by atoms with Crippen molar-refractivity contribution in [1.82, 2.24) is 19.9 Å². The van der Waals surface area contributed by atoms with E-state index in [1.165, 1.54) is 17.8 Å². The molecule has 0 amide bonds. The van der Waals surface area contributed by atoms with Crippen LogP contribution in [-0.4, -0.2) is 45.7 Å². The van der Waals surface area contributed by atoms with Gasteiger partial charge < -0.3 is 16.0 Å². The Bertz CT molecular complexity index is 1260. The number of hydrogen-bond acceptors (Lipinski definition) is 7. The number of nitro benzene ring substituents is 1. The Hall–Kier alpha value is -3.98. The maximum atomic E-state index is 10.9. The minimum Gasteiger partial charge on any atom is -0.383 e. The third kappa shape index (κ3) is 3.44. The van der Waals surface area contributed by atoms with Crippen LogP contribution >= 0.6 is 0 Å². The zero-order valence-electron chi connectivity index (χ0n) is 16.7. The molecule has 2 aromatic heterocycles. The Kier molecular flexibility index (Phi) is 4.72. The van der Waals surface area contributed by atoms with Gasteiger partial charge in [-0.1, -0.05) is 12.1 Å². The fraction of sp³-hybridized carbons (Fsp3) is 0.182. The molecule has 1 aliphatic rings. The predicted molar refractivity (Wildman–Crippen MR) is 120 cm³/mol. The van der Waals surface area contributed by atoms with Crippen LogP contribution in [0.4, 0.5) is 17.2 Å². The Morgan fingerprint density at radius 1 is 1.00 bits per heavy atom. The smallest absolute Gasteiger partial charge is 0.269 e. The number of benzene rings is 2. The molecule has 9 nitrogen and oxygen atoms in total. The van der Waals surface area contributed by atoms with Crippen LogP contribution in [0.3, 0.4) is 0 Å². The Morgan fingerprint density at radius 2 is 1.77 bits per heavy atom. The molecule has 0 aliphatic carbocycles. The van der Waals surface area contributed by atoms with E-state index in [1.54, 1.807) is 29.0 Å². The van der Waals surface area contributed by atoms with Gasteiger partial charge in [-0.25, -0.2) is 4.98 Å². The number of rotatable bonds is 4. The molecule has 156 valence electrons. The van der Waals surface area contributed by atoms with E-state index >= 15 is 0 Å². The van der Waals surface area contributed by atoms with E-state index < -0.39 is 4.92 Å². The fourth-order valence-electron chi connectivity index (χ4n) is 3.93. The SMILES string of the molecule is Nc1c(-c2ccc([N+](=O)[O-])cc2)cnc2c(-c3cccc(N4CCNCC4)c3)cnn12. The first-order valence-corrected chi connectivity index (χ1v) is 10.0. The summed E-state index contributed by atoms with van der Waals surface area (Å²) in [5, 5.41) is 18.7. The van der Waals surface area contributed by atoms with Crippen molar-refractivity contribution in [2.75, 3.05) is 36.8 Å². The van der Waals surface area contributed by atoms with E-state index in [2.05, 4.69) is 32.4 Å².